The molecule has 2 atom stereocenters. The summed E-state index contributed by atoms with van der Waals surface area (Å²) in [6, 6.07) is 18.5. The molecular weight excluding hydrogens is 484 g/mol. The largest absolute Gasteiger partial charge is 0.467 e. The molecular formula is C29H30N4O5. The molecule has 0 aliphatic carbocycles. The minimum absolute atomic E-state index is 0.159. The highest BCUT2D eigenvalue weighted by Crippen LogP contribution is 2.38. The molecule has 0 radical (unpaired) electrons. The fourth-order valence-electron chi connectivity index (χ4n) is 4.94. The molecule has 9 heteroatoms. The molecule has 2 aliphatic rings. The number of carbonyl (C=O) groups is 3. The molecule has 5 rings (SSSR count). The fraction of sp³-hybridized carbons (Fsp3) is 0.276. The number of rotatable bonds is 8. The Hall–Kier alpha value is -4.53. The number of carbonyl (C=O) groups excluding carboxylic acids is 3. The van der Waals surface area contributed by atoms with Crippen LogP contribution in [-0.4, -0.2) is 47.3 Å². The standard InChI is InChI=1S/C29H30N4O5/c1-18(2)26(27(34)30-16-22-13-8-14-37-22)33-17-23-24(28(33)35)25(31-29(36)32(23)3)19-9-7-12-21(15-19)38-20-10-5-4-6-11-20/h4-15,18,25-26H,16-17H2,1-3H3,(H,30,34)(H,31,36)/t25-,26+/m1/s1. The molecule has 0 saturated heterocycles. The van der Waals surface area contributed by atoms with E-state index in [0.29, 0.717) is 34.1 Å². The molecule has 2 N–H and O–H groups in total. The van der Waals surface area contributed by atoms with Crippen LogP contribution in [0.4, 0.5) is 4.79 Å². The quantitative estimate of drug-likeness (QED) is 0.469. The summed E-state index contributed by atoms with van der Waals surface area (Å²) in [6.07, 6.45) is 1.54. The highest BCUT2D eigenvalue weighted by atomic mass is 16.5. The van der Waals surface area contributed by atoms with Crippen molar-refractivity contribution in [1.82, 2.24) is 20.4 Å². The third-order valence-corrected chi connectivity index (χ3v) is 6.81. The van der Waals surface area contributed by atoms with Crippen LogP contribution in [0.3, 0.4) is 0 Å². The summed E-state index contributed by atoms with van der Waals surface area (Å²) in [5.41, 5.74) is 1.75. The second-order valence-corrected chi connectivity index (χ2v) is 9.71. The van der Waals surface area contributed by atoms with Crippen molar-refractivity contribution in [2.75, 3.05) is 13.6 Å². The normalized spacial score (nSPS) is 17.9. The summed E-state index contributed by atoms with van der Waals surface area (Å²) in [6.45, 7) is 4.18. The van der Waals surface area contributed by atoms with E-state index in [-0.39, 0.29) is 36.9 Å². The molecule has 196 valence electrons. The molecule has 0 unspecified atom stereocenters. The highest BCUT2D eigenvalue weighted by molar-refractivity contribution is 6.03. The topological polar surface area (TPSA) is 104 Å². The van der Waals surface area contributed by atoms with Crippen molar-refractivity contribution in [3.63, 3.8) is 0 Å². The van der Waals surface area contributed by atoms with Gasteiger partial charge in [-0.25, -0.2) is 4.79 Å². The van der Waals surface area contributed by atoms with Gasteiger partial charge in [-0.05, 0) is 47.9 Å². The first-order valence-corrected chi connectivity index (χ1v) is 12.5. The first-order valence-electron chi connectivity index (χ1n) is 12.5. The Balaban J connectivity index is 1.41. The molecule has 0 bridgehead atoms. The maximum atomic E-state index is 13.9. The van der Waals surface area contributed by atoms with Gasteiger partial charge in [0.05, 0.1) is 36.7 Å². The lowest BCUT2D eigenvalue weighted by atomic mass is 9.95. The van der Waals surface area contributed by atoms with Gasteiger partial charge in [-0.1, -0.05) is 44.2 Å². The number of likely N-dealkylation sites (N-methyl/N-ethyl adjacent to an activating group) is 1. The molecule has 9 nitrogen and oxygen atoms in total. The number of hydrogen-bond acceptors (Lipinski definition) is 5. The Morgan fingerprint density at radius 2 is 1.84 bits per heavy atom. The summed E-state index contributed by atoms with van der Waals surface area (Å²) in [5.74, 6) is 1.17. The van der Waals surface area contributed by atoms with Gasteiger partial charge in [0.25, 0.3) is 5.91 Å². The van der Waals surface area contributed by atoms with Crippen LogP contribution in [0.15, 0.2) is 88.7 Å². The molecule has 1 aromatic heterocycles. The van der Waals surface area contributed by atoms with Gasteiger partial charge >= 0.3 is 6.03 Å². The van der Waals surface area contributed by atoms with Crippen molar-refractivity contribution >= 4 is 17.8 Å². The minimum Gasteiger partial charge on any atom is -0.467 e. The summed E-state index contributed by atoms with van der Waals surface area (Å²) in [5, 5.41) is 5.83. The van der Waals surface area contributed by atoms with Crippen molar-refractivity contribution in [1.29, 1.82) is 0 Å². The smallest absolute Gasteiger partial charge is 0.322 e. The first-order chi connectivity index (χ1) is 18.3. The third-order valence-electron chi connectivity index (χ3n) is 6.81. The lowest BCUT2D eigenvalue weighted by molar-refractivity contribution is -0.138. The second-order valence-electron chi connectivity index (χ2n) is 9.71. The number of hydrogen-bond donors (Lipinski definition) is 2. The Bertz CT molecular complexity index is 1370. The Morgan fingerprint density at radius 1 is 1.08 bits per heavy atom. The second kappa shape index (κ2) is 10.5. The third kappa shape index (κ3) is 4.87. The predicted molar refractivity (Wildman–Crippen MR) is 140 cm³/mol. The van der Waals surface area contributed by atoms with E-state index < -0.39 is 12.1 Å². The number of amides is 4. The minimum atomic E-state index is -0.722. The van der Waals surface area contributed by atoms with Crippen LogP contribution in [0.2, 0.25) is 0 Å². The number of ether oxygens (including phenoxy) is 1. The molecule has 2 aromatic carbocycles. The van der Waals surface area contributed by atoms with Gasteiger partial charge < -0.3 is 24.7 Å². The highest BCUT2D eigenvalue weighted by Gasteiger charge is 2.47. The van der Waals surface area contributed by atoms with E-state index in [9.17, 15) is 14.4 Å². The van der Waals surface area contributed by atoms with E-state index >= 15 is 0 Å². The molecule has 0 fully saturated rings. The summed E-state index contributed by atoms with van der Waals surface area (Å²) >= 11 is 0. The number of nitrogens with one attached hydrogen (secondary N) is 2. The van der Waals surface area contributed by atoms with E-state index in [0.717, 1.165) is 0 Å². The van der Waals surface area contributed by atoms with Gasteiger partial charge in [-0.2, -0.15) is 0 Å². The van der Waals surface area contributed by atoms with Crippen molar-refractivity contribution in [2.45, 2.75) is 32.5 Å². The van der Waals surface area contributed by atoms with E-state index in [2.05, 4.69) is 10.6 Å². The van der Waals surface area contributed by atoms with E-state index in [1.54, 1.807) is 30.3 Å². The maximum Gasteiger partial charge on any atom is 0.322 e. The molecule has 38 heavy (non-hydrogen) atoms. The van der Waals surface area contributed by atoms with E-state index in [4.69, 9.17) is 9.15 Å². The van der Waals surface area contributed by atoms with Gasteiger partial charge in [0, 0.05) is 7.05 Å². The van der Waals surface area contributed by atoms with E-state index in [1.807, 2.05) is 68.4 Å². The number of nitrogens with zero attached hydrogens (tertiary/aromatic N) is 2. The number of benzene rings is 2. The van der Waals surface area contributed by atoms with Crippen LogP contribution in [0.25, 0.3) is 0 Å². The fourth-order valence-corrected chi connectivity index (χ4v) is 4.94. The molecule has 3 aromatic rings. The average molecular weight is 515 g/mol. The maximum absolute atomic E-state index is 13.9. The van der Waals surface area contributed by atoms with Crippen molar-refractivity contribution < 1.29 is 23.5 Å². The van der Waals surface area contributed by atoms with Crippen LogP contribution < -0.4 is 15.4 Å². The van der Waals surface area contributed by atoms with E-state index in [1.165, 1.54) is 4.90 Å². The predicted octanol–water partition coefficient (Wildman–Crippen LogP) is 4.21. The van der Waals surface area contributed by atoms with Crippen LogP contribution in [0.1, 0.15) is 31.2 Å². The van der Waals surface area contributed by atoms with Gasteiger partial charge in [-0.3, -0.25) is 14.5 Å². The van der Waals surface area contributed by atoms with Gasteiger partial charge in [0.2, 0.25) is 5.91 Å². The summed E-state index contributed by atoms with van der Waals surface area (Å²) < 4.78 is 11.3. The first kappa shape index (κ1) is 25.1. The van der Waals surface area contributed by atoms with Gasteiger partial charge in [-0.15, -0.1) is 0 Å². The van der Waals surface area contributed by atoms with Gasteiger partial charge in [0.15, 0.2) is 0 Å². The van der Waals surface area contributed by atoms with Crippen molar-refractivity contribution in [3.05, 3.63) is 95.6 Å². The average Bonchev–Trinajstić information content (AvgIpc) is 3.54. The number of urea groups is 1. The zero-order valence-electron chi connectivity index (χ0n) is 21.5. The number of para-hydroxylation sites is 1. The SMILES string of the molecule is CC(C)[C@@H](C(=O)NCc1ccco1)N1CC2=C(C1=O)[C@@H](c1cccc(Oc3ccccc3)c1)NC(=O)N2C. The molecule has 3 heterocycles. The summed E-state index contributed by atoms with van der Waals surface area (Å²) in [4.78, 5) is 43.1. The van der Waals surface area contributed by atoms with Gasteiger partial charge in [0.1, 0.15) is 23.3 Å². The zero-order valence-corrected chi connectivity index (χ0v) is 21.5. The molecule has 0 spiro atoms. The lowest BCUT2D eigenvalue weighted by Gasteiger charge is -2.31. The number of furan rings is 1. The monoisotopic (exact) mass is 514 g/mol. The van der Waals surface area contributed by atoms with Crippen LogP contribution in [0, 0.1) is 5.92 Å². The Morgan fingerprint density at radius 3 is 2.55 bits per heavy atom. The summed E-state index contributed by atoms with van der Waals surface area (Å²) in [7, 11) is 1.63. The molecule has 4 amide bonds. The molecule has 0 saturated carbocycles. The Labute approximate surface area is 221 Å². The van der Waals surface area contributed by atoms with Crippen molar-refractivity contribution in [3.8, 4) is 11.5 Å². The van der Waals surface area contributed by atoms with Crippen LogP contribution in [0.5, 0.6) is 11.5 Å². The Kier molecular flexibility index (Phi) is 6.91. The molecule has 2 aliphatic heterocycles. The van der Waals surface area contributed by atoms with Crippen LogP contribution >= 0.6 is 0 Å². The zero-order chi connectivity index (χ0) is 26.8. The van der Waals surface area contributed by atoms with Crippen LogP contribution in [-0.2, 0) is 16.1 Å². The lowest BCUT2D eigenvalue weighted by Crippen LogP contribution is -2.51. The van der Waals surface area contributed by atoms with Crippen molar-refractivity contribution in [2.24, 2.45) is 5.92 Å².